The number of hydrogen-bond donors (Lipinski definition) is 1. The quantitative estimate of drug-likeness (QED) is 0.923. The summed E-state index contributed by atoms with van der Waals surface area (Å²) < 4.78 is 8.46. The highest BCUT2D eigenvalue weighted by Crippen LogP contribution is 2.35. The highest BCUT2D eigenvalue weighted by molar-refractivity contribution is 5.22. The number of rotatable bonds is 3. The lowest BCUT2D eigenvalue weighted by atomic mass is 9.93. The van der Waals surface area contributed by atoms with Gasteiger partial charge in [0.05, 0.1) is 11.3 Å². The third kappa shape index (κ3) is 2.63. The van der Waals surface area contributed by atoms with Crippen molar-refractivity contribution in [1.82, 2.24) is 14.9 Å². The maximum atomic E-state index is 5.89. The maximum absolute atomic E-state index is 5.89. The van der Waals surface area contributed by atoms with Crippen molar-refractivity contribution in [1.29, 1.82) is 0 Å². The molecule has 1 saturated heterocycles. The van der Waals surface area contributed by atoms with Crippen molar-refractivity contribution in [2.45, 2.75) is 71.1 Å². The summed E-state index contributed by atoms with van der Waals surface area (Å²) in [6.07, 6.45) is 5.58. The van der Waals surface area contributed by atoms with Crippen molar-refractivity contribution in [2.75, 3.05) is 13.2 Å². The van der Waals surface area contributed by atoms with Gasteiger partial charge < -0.3 is 14.6 Å². The molecule has 2 aliphatic heterocycles. The molecule has 0 amide bonds. The SMILES string of the molecule is CCCc1nc2c(n1C1CCOC(C)(C)C1)CCNC2. The standard InChI is InChI=1S/C16H27N3O/c1-4-5-15-18-13-11-17-8-6-14(13)19(15)12-7-9-20-16(2,3)10-12/h12,17H,4-11H2,1-3H3. The number of ether oxygens (including phenoxy) is 1. The third-order valence-electron chi connectivity index (χ3n) is 4.51. The van der Waals surface area contributed by atoms with Crippen LogP contribution in [0.15, 0.2) is 0 Å². The average molecular weight is 277 g/mol. The highest BCUT2D eigenvalue weighted by atomic mass is 16.5. The summed E-state index contributed by atoms with van der Waals surface area (Å²) in [6.45, 7) is 9.55. The summed E-state index contributed by atoms with van der Waals surface area (Å²) >= 11 is 0. The van der Waals surface area contributed by atoms with Crippen LogP contribution in [-0.2, 0) is 24.1 Å². The largest absolute Gasteiger partial charge is 0.375 e. The minimum Gasteiger partial charge on any atom is -0.375 e. The van der Waals surface area contributed by atoms with Gasteiger partial charge in [-0.05, 0) is 33.1 Å². The zero-order chi connectivity index (χ0) is 14.2. The molecule has 1 unspecified atom stereocenters. The van der Waals surface area contributed by atoms with E-state index >= 15 is 0 Å². The fourth-order valence-corrected chi connectivity index (χ4v) is 3.64. The van der Waals surface area contributed by atoms with Gasteiger partial charge in [0, 0.05) is 44.3 Å². The van der Waals surface area contributed by atoms with E-state index in [1.54, 1.807) is 0 Å². The molecule has 0 aromatic carbocycles. The van der Waals surface area contributed by atoms with Gasteiger partial charge in [-0.25, -0.2) is 4.98 Å². The predicted molar refractivity (Wildman–Crippen MR) is 79.9 cm³/mol. The summed E-state index contributed by atoms with van der Waals surface area (Å²) in [5.74, 6) is 1.30. The van der Waals surface area contributed by atoms with Crippen LogP contribution in [0.1, 0.15) is 63.3 Å². The van der Waals surface area contributed by atoms with Gasteiger partial charge in [0.1, 0.15) is 5.82 Å². The number of hydrogen-bond acceptors (Lipinski definition) is 3. The van der Waals surface area contributed by atoms with E-state index in [-0.39, 0.29) is 5.60 Å². The van der Waals surface area contributed by atoms with E-state index < -0.39 is 0 Å². The topological polar surface area (TPSA) is 39.1 Å². The molecule has 0 bridgehead atoms. The van der Waals surface area contributed by atoms with Crippen LogP contribution in [-0.4, -0.2) is 28.3 Å². The molecule has 2 aliphatic rings. The summed E-state index contributed by atoms with van der Waals surface area (Å²) in [5.41, 5.74) is 2.76. The zero-order valence-corrected chi connectivity index (χ0v) is 13.0. The van der Waals surface area contributed by atoms with Crippen LogP contribution in [0.4, 0.5) is 0 Å². The number of imidazole rings is 1. The minimum absolute atomic E-state index is 0.00350. The van der Waals surface area contributed by atoms with E-state index in [2.05, 4.69) is 30.7 Å². The van der Waals surface area contributed by atoms with E-state index in [0.29, 0.717) is 6.04 Å². The second-order valence-electron chi connectivity index (χ2n) is 6.72. The molecule has 3 rings (SSSR count). The normalized spacial score (nSPS) is 25.4. The lowest BCUT2D eigenvalue weighted by molar-refractivity contribution is -0.0697. The summed E-state index contributed by atoms with van der Waals surface area (Å²) in [5, 5.41) is 3.44. The van der Waals surface area contributed by atoms with E-state index in [0.717, 1.165) is 51.8 Å². The lowest BCUT2D eigenvalue weighted by Crippen LogP contribution is -2.36. The van der Waals surface area contributed by atoms with Gasteiger partial charge in [-0.3, -0.25) is 0 Å². The molecule has 4 heteroatoms. The van der Waals surface area contributed by atoms with Crippen molar-refractivity contribution in [3.63, 3.8) is 0 Å². The summed E-state index contributed by atoms with van der Waals surface area (Å²) in [7, 11) is 0. The van der Waals surface area contributed by atoms with Crippen molar-refractivity contribution in [3.05, 3.63) is 17.2 Å². The Labute approximate surface area is 121 Å². The van der Waals surface area contributed by atoms with Crippen LogP contribution < -0.4 is 5.32 Å². The number of aromatic nitrogens is 2. The smallest absolute Gasteiger partial charge is 0.109 e. The van der Waals surface area contributed by atoms with Crippen molar-refractivity contribution in [3.8, 4) is 0 Å². The molecule has 0 saturated carbocycles. The molecule has 1 aromatic rings. The van der Waals surface area contributed by atoms with Crippen molar-refractivity contribution >= 4 is 0 Å². The Bertz CT molecular complexity index is 478. The predicted octanol–water partition coefficient (Wildman–Crippen LogP) is 2.61. The fraction of sp³-hybridized carbons (Fsp3) is 0.812. The first-order valence-electron chi connectivity index (χ1n) is 8.04. The molecule has 4 nitrogen and oxygen atoms in total. The summed E-state index contributed by atoms with van der Waals surface area (Å²) in [4.78, 5) is 4.92. The fourth-order valence-electron chi connectivity index (χ4n) is 3.64. The molecular formula is C16H27N3O. The molecule has 0 spiro atoms. The molecule has 3 heterocycles. The zero-order valence-electron chi connectivity index (χ0n) is 13.0. The third-order valence-corrected chi connectivity index (χ3v) is 4.51. The Balaban J connectivity index is 1.95. The monoisotopic (exact) mass is 277 g/mol. The molecule has 20 heavy (non-hydrogen) atoms. The van der Waals surface area contributed by atoms with Crippen LogP contribution in [0, 0.1) is 0 Å². The first-order valence-corrected chi connectivity index (χ1v) is 8.04. The molecular weight excluding hydrogens is 250 g/mol. The van der Waals surface area contributed by atoms with Crippen molar-refractivity contribution < 1.29 is 4.74 Å². The highest BCUT2D eigenvalue weighted by Gasteiger charge is 2.33. The van der Waals surface area contributed by atoms with Crippen molar-refractivity contribution in [2.24, 2.45) is 0 Å². The van der Waals surface area contributed by atoms with Crippen LogP contribution in [0.3, 0.4) is 0 Å². The first kappa shape index (κ1) is 14.1. The van der Waals surface area contributed by atoms with E-state index in [1.807, 2.05) is 0 Å². The van der Waals surface area contributed by atoms with E-state index in [9.17, 15) is 0 Å². The van der Waals surface area contributed by atoms with Gasteiger partial charge >= 0.3 is 0 Å². The Morgan fingerprint density at radius 2 is 2.30 bits per heavy atom. The summed E-state index contributed by atoms with van der Waals surface area (Å²) in [6, 6.07) is 0.564. The average Bonchev–Trinajstić information content (AvgIpc) is 2.76. The Morgan fingerprint density at radius 3 is 3.05 bits per heavy atom. The number of nitrogens with zero attached hydrogens (tertiary/aromatic N) is 2. The van der Waals surface area contributed by atoms with Gasteiger partial charge in [0.15, 0.2) is 0 Å². The first-order chi connectivity index (χ1) is 9.61. The molecule has 1 aromatic heterocycles. The molecule has 0 radical (unpaired) electrons. The van der Waals surface area contributed by atoms with Crippen LogP contribution in [0.5, 0.6) is 0 Å². The van der Waals surface area contributed by atoms with Crippen LogP contribution in [0.25, 0.3) is 0 Å². The van der Waals surface area contributed by atoms with E-state index in [1.165, 1.54) is 17.2 Å². The van der Waals surface area contributed by atoms with Gasteiger partial charge in [-0.15, -0.1) is 0 Å². The molecule has 1 fully saturated rings. The Kier molecular flexibility index (Phi) is 3.87. The Morgan fingerprint density at radius 1 is 1.45 bits per heavy atom. The van der Waals surface area contributed by atoms with Gasteiger partial charge in [-0.1, -0.05) is 6.92 Å². The van der Waals surface area contributed by atoms with Gasteiger partial charge in [0.2, 0.25) is 0 Å². The van der Waals surface area contributed by atoms with Gasteiger partial charge in [0.25, 0.3) is 0 Å². The number of fused-ring (bicyclic) bond motifs is 1. The van der Waals surface area contributed by atoms with Gasteiger partial charge in [-0.2, -0.15) is 0 Å². The molecule has 0 aliphatic carbocycles. The minimum atomic E-state index is -0.00350. The van der Waals surface area contributed by atoms with Crippen LogP contribution in [0.2, 0.25) is 0 Å². The molecule has 112 valence electrons. The van der Waals surface area contributed by atoms with E-state index in [4.69, 9.17) is 9.72 Å². The molecule has 1 atom stereocenters. The number of aryl methyl sites for hydroxylation is 1. The lowest BCUT2D eigenvalue weighted by Gasteiger charge is -2.37. The second kappa shape index (κ2) is 5.49. The molecule has 1 N–H and O–H groups in total. The maximum Gasteiger partial charge on any atom is 0.109 e. The number of nitrogens with one attached hydrogen (secondary N) is 1. The second-order valence-corrected chi connectivity index (χ2v) is 6.72. The van der Waals surface area contributed by atoms with Crippen LogP contribution >= 0.6 is 0 Å². The Hall–Kier alpha value is -0.870.